The lowest BCUT2D eigenvalue weighted by Crippen LogP contribution is -2.48. The third-order valence-electron chi connectivity index (χ3n) is 5.28. The molecule has 1 heterocycles. The van der Waals surface area contributed by atoms with Crippen molar-refractivity contribution in [3.8, 4) is 0 Å². The summed E-state index contributed by atoms with van der Waals surface area (Å²) in [5, 5.41) is 0. The lowest BCUT2D eigenvalue weighted by Gasteiger charge is -2.46. The molecule has 92 valence electrons. The van der Waals surface area contributed by atoms with E-state index in [0.717, 1.165) is 25.7 Å². The third kappa shape index (κ3) is 1.12. The number of hydrogen-bond donors (Lipinski definition) is 0. The maximum absolute atomic E-state index is 12.1. The van der Waals surface area contributed by atoms with Gasteiger partial charge in [-0.3, -0.25) is 9.59 Å². The van der Waals surface area contributed by atoms with Gasteiger partial charge in [0.05, 0.1) is 5.41 Å². The largest absolute Gasteiger partial charge is 0.392 e. The van der Waals surface area contributed by atoms with E-state index in [2.05, 4.69) is 6.08 Å². The second-order valence-electron chi connectivity index (χ2n) is 5.96. The highest BCUT2D eigenvalue weighted by molar-refractivity contribution is 6.03. The maximum Gasteiger partial charge on any atom is 0.324 e. The van der Waals surface area contributed by atoms with Crippen molar-refractivity contribution in [1.82, 2.24) is 0 Å². The van der Waals surface area contributed by atoms with Crippen molar-refractivity contribution >= 4 is 11.9 Å². The Kier molecular flexibility index (Phi) is 2.08. The van der Waals surface area contributed by atoms with E-state index in [9.17, 15) is 9.59 Å². The molecule has 2 fully saturated rings. The minimum Gasteiger partial charge on any atom is -0.392 e. The first-order valence-corrected chi connectivity index (χ1v) is 6.47. The Balaban J connectivity index is 2.16. The molecule has 0 spiro atoms. The minimum absolute atomic E-state index is 0.324. The Morgan fingerprint density at radius 3 is 2.76 bits per heavy atom. The molecule has 0 amide bonds. The van der Waals surface area contributed by atoms with Crippen LogP contribution in [0.5, 0.6) is 0 Å². The number of esters is 2. The van der Waals surface area contributed by atoms with Crippen LogP contribution in [-0.2, 0) is 14.3 Å². The Morgan fingerprint density at radius 1 is 1.24 bits per heavy atom. The molecule has 0 N–H and O–H groups in total. The predicted octanol–water partition coefficient (Wildman–Crippen LogP) is 2.60. The number of fused-ring (bicyclic) bond motifs is 3. The van der Waals surface area contributed by atoms with Crippen LogP contribution in [0.2, 0.25) is 0 Å². The molecule has 0 aromatic heterocycles. The van der Waals surface area contributed by atoms with E-state index in [1.54, 1.807) is 0 Å². The van der Waals surface area contributed by atoms with Gasteiger partial charge in [-0.1, -0.05) is 11.6 Å². The number of hydrogen-bond acceptors (Lipinski definition) is 3. The van der Waals surface area contributed by atoms with Crippen LogP contribution in [-0.4, -0.2) is 11.9 Å². The van der Waals surface area contributed by atoms with Crippen LogP contribution in [0.3, 0.4) is 0 Å². The number of ether oxygens (including phenoxy) is 1. The lowest BCUT2D eigenvalue weighted by molar-refractivity contribution is -0.155. The Hall–Kier alpha value is -1.12. The first kappa shape index (κ1) is 11.0. The smallest absolute Gasteiger partial charge is 0.324 e. The molecule has 1 saturated heterocycles. The molecule has 3 nitrogen and oxygen atoms in total. The average Bonchev–Trinajstić information content (AvgIpc) is 2.50. The number of rotatable bonds is 0. The molecule has 0 bridgehead atoms. The fourth-order valence-electron chi connectivity index (χ4n) is 3.84. The highest BCUT2D eigenvalue weighted by atomic mass is 16.6. The number of carbonyl (C=O) groups excluding carboxylic acids is 2. The first-order valence-electron chi connectivity index (χ1n) is 6.47. The summed E-state index contributed by atoms with van der Waals surface area (Å²) in [6.07, 6.45) is 7.35. The second-order valence-corrected chi connectivity index (χ2v) is 5.96. The molecular formula is C14H18O3. The molecule has 17 heavy (non-hydrogen) atoms. The van der Waals surface area contributed by atoms with Gasteiger partial charge < -0.3 is 4.74 Å². The second kappa shape index (κ2) is 3.21. The van der Waals surface area contributed by atoms with E-state index in [-0.39, 0.29) is 11.9 Å². The summed E-state index contributed by atoms with van der Waals surface area (Å²) in [5.41, 5.74) is -0.162. The van der Waals surface area contributed by atoms with Crippen molar-refractivity contribution in [1.29, 1.82) is 0 Å². The zero-order valence-corrected chi connectivity index (χ0v) is 10.4. The van der Waals surface area contributed by atoms with Crippen LogP contribution in [0, 0.1) is 16.7 Å². The van der Waals surface area contributed by atoms with Gasteiger partial charge in [0.25, 0.3) is 0 Å². The molecule has 0 aromatic rings. The Labute approximate surface area is 101 Å². The molecule has 0 aromatic carbocycles. The third-order valence-corrected chi connectivity index (χ3v) is 5.28. The van der Waals surface area contributed by atoms with E-state index in [4.69, 9.17) is 4.74 Å². The van der Waals surface area contributed by atoms with Crippen molar-refractivity contribution in [3.05, 3.63) is 11.6 Å². The number of allylic oxidation sites excluding steroid dienone is 1. The van der Waals surface area contributed by atoms with Gasteiger partial charge >= 0.3 is 11.9 Å². The van der Waals surface area contributed by atoms with Gasteiger partial charge in [0.15, 0.2) is 0 Å². The normalized spacial score (nSPS) is 44.8. The van der Waals surface area contributed by atoms with E-state index < -0.39 is 10.8 Å². The predicted molar refractivity (Wildman–Crippen MR) is 62.0 cm³/mol. The van der Waals surface area contributed by atoms with Gasteiger partial charge in [0.1, 0.15) is 5.41 Å². The molecule has 1 saturated carbocycles. The number of cyclic esters (lactones) is 2. The minimum atomic E-state index is -0.701. The SMILES string of the molecule is CC12CCC3CCCC=C3C1(C)C(=O)OC2=O. The molecule has 3 atom stereocenters. The number of carbonyl (C=O) groups is 2. The van der Waals surface area contributed by atoms with Gasteiger partial charge in [0, 0.05) is 0 Å². The summed E-state index contributed by atoms with van der Waals surface area (Å²) in [7, 11) is 0. The zero-order chi connectivity index (χ0) is 12.3. The quantitative estimate of drug-likeness (QED) is 0.367. The summed E-state index contributed by atoms with van der Waals surface area (Å²) in [4.78, 5) is 24.1. The van der Waals surface area contributed by atoms with Gasteiger partial charge in [-0.2, -0.15) is 0 Å². The van der Waals surface area contributed by atoms with Crippen LogP contribution in [0.15, 0.2) is 11.6 Å². The van der Waals surface area contributed by atoms with Gasteiger partial charge in [-0.05, 0) is 51.9 Å². The lowest BCUT2D eigenvalue weighted by atomic mass is 9.52. The average molecular weight is 234 g/mol. The van der Waals surface area contributed by atoms with Crippen LogP contribution in [0.4, 0.5) is 0 Å². The fraction of sp³-hybridized carbons (Fsp3) is 0.714. The van der Waals surface area contributed by atoms with E-state index >= 15 is 0 Å². The molecule has 3 aliphatic rings. The summed E-state index contributed by atoms with van der Waals surface area (Å²) < 4.78 is 4.94. The summed E-state index contributed by atoms with van der Waals surface area (Å²) in [6.45, 7) is 3.80. The van der Waals surface area contributed by atoms with Gasteiger partial charge in [-0.15, -0.1) is 0 Å². The first-order chi connectivity index (χ1) is 8.00. The van der Waals surface area contributed by atoms with Crippen molar-refractivity contribution in [2.45, 2.75) is 46.0 Å². The van der Waals surface area contributed by atoms with Crippen molar-refractivity contribution < 1.29 is 14.3 Å². The van der Waals surface area contributed by atoms with Crippen LogP contribution < -0.4 is 0 Å². The fourth-order valence-corrected chi connectivity index (χ4v) is 3.84. The van der Waals surface area contributed by atoms with E-state index in [1.165, 1.54) is 12.0 Å². The standard InChI is InChI=1S/C14H18O3/c1-13-8-7-9-5-3-4-6-10(9)14(13,2)12(16)17-11(13)15/h6,9H,3-5,7-8H2,1-2H3. The monoisotopic (exact) mass is 234 g/mol. The molecule has 3 rings (SSSR count). The van der Waals surface area contributed by atoms with Crippen LogP contribution in [0.1, 0.15) is 46.0 Å². The molecule has 0 radical (unpaired) electrons. The molecule has 1 aliphatic heterocycles. The summed E-state index contributed by atoms with van der Waals surface area (Å²) >= 11 is 0. The summed E-state index contributed by atoms with van der Waals surface area (Å²) in [5.74, 6) is -0.168. The van der Waals surface area contributed by atoms with E-state index in [1.807, 2.05) is 13.8 Å². The highest BCUT2D eigenvalue weighted by Crippen LogP contribution is 2.61. The molecule has 2 aliphatic carbocycles. The van der Waals surface area contributed by atoms with Crippen LogP contribution >= 0.6 is 0 Å². The Morgan fingerprint density at radius 2 is 2.00 bits per heavy atom. The molecular weight excluding hydrogens is 216 g/mol. The van der Waals surface area contributed by atoms with E-state index in [0.29, 0.717) is 5.92 Å². The van der Waals surface area contributed by atoms with Crippen molar-refractivity contribution in [3.63, 3.8) is 0 Å². The molecule has 3 unspecified atom stereocenters. The van der Waals surface area contributed by atoms with Crippen molar-refractivity contribution in [2.24, 2.45) is 16.7 Å². The van der Waals surface area contributed by atoms with Crippen molar-refractivity contribution in [2.75, 3.05) is 0 Å². The Bertz CT molecular complexity index is 437. The van der Waals surface area contributed by atoms with Gasteiger partial charge in [-0.25, -0.2) is 0 Å². The maximum atomic E-state index is 12.1. The van der Waals surface area contributed by atoms with Crippen LogP contribution in [0.25, 0.3) is 0 Å². The molecule has 3 heteroatoms. The summed E-state index contributed by atoms with van der Waals surface area (Å²) in [6, 6.07) is 0. The topological polar surface area (TPSA) is 43.4 Å². The van der Waals surface area contributed by atoms with Gasteiger partial charge in [0.2, 0.25) is 0 Å². The highest BCUT2D eigenvalue weighted by Gasteiger charge is 2.67. The zero-order valence-electron chi connectivity index (χ0n) is 10.4.